The summed E-state index contributed by atoms with van der Waals surface area (Å²) in [6.07, 6.45) is 1.64. The molecular weight excluding hydrogens is 355 g/mol. The summed E-state index contributed by atoms with van der Waals surface area (Å²) in [6.45, 7) is -0.398. The minimum atomic E-state index is -0.496. The van der Waals surface area contributed by atoms with Crippen molar-refractivity contribution in [3.05, 3.63) is 53.6 Å². The van der Waals surface area contributed by atoms with Gasteiger partial charge in [0, 0.05) is 16.8 Å². The molecule has 0 radical (unpaired) electrons. The Morgan fingerprint density at radius 1 is 1.25 bits per heavy atom. The predicted octanol–water partition coefficient (Wildman–Crippen LogP) is 3.54. The van der Waals surface area contributed by atoms with E-state index in [0.717, 1.165) is 4.90 Å². The number of carbonyl (C=O) groups is 2. The number of aromatic nitrogens is 1. The molecular formula is C16H14ClFN2O3S. The third kappa shape index (κ3) is 6.17. The molecule has 0 atom stereocenters. The van der Waals surface area contributed by atoms with Crippen LogP contribution in [0.2, 0.25) is 5.15 Å². The van der Waals surface area contributed by atoms with Gasteiger partial charge in [-0.15, -0.1) is 11.8 Å². The summed E-state index contributed by atoms with van der Waals surface area (Å²) in [7, 11) is 0. The Morgan fingerprint density at radius 3 is 2.71 bits per heavy atom. The van der Waals surface area contributed by atoms with E-state index in [2.05, 4.69) is 10.3 Å². The maximum atomic E-state index is 12.8. The number of pyridine rings is 1. The third-order valence-electron chi connectivity index (χ3n) is 2.79. The maximum absolute atomic E-state index is 12.8. The maximum Gasteiger partial charge on any atom is 0.307 e. The molecule has 0 unspecified atom stereocenters. The van der Waals surface area contributed by atoms with E-state index in [1.165, 1.54) is 30.1 Å². The van der Waals surface area contributed by atoms with Gasteiger partial charge in [0.15, 0.2) is 11.8 Å². The summed E-state index contributed by atoms with van der Waals surface area (Å²) >= 11 is 7.21. The Hall–Kier alpha value is -2.12. The second-order valence-electron chi connectivity index (χ2n) is 4.60. The van der Waals surface area contributed by atoms with Gasteiger partial charge in [-0.3, -0.25) is 9.59 Å². The Balaban J connectivity index is 1.66. The van der Waals surface area contributed by atoms with E-state index in [4.69, 9.17) is 16.3 Å². The van der Waals surface area contributed by atoms with Crippen molar-refractivity contribution in [2.45, 2.75) is 11.3 Å². The molecule has 1 N–H and O–H groups in total. The predicted molar refractivity (Wildman–Crippen MR) is 90.6 cm³/mol. The van der Waals surface area contributed by atoms with Crippen molar-refractivity contribution in [1.29, 1.82) is 0 Å². The molecule has 2 rings (SSSR count). The molecule has 5 nitrogen and oxygen atoms in total. The van der Waals surface area contributed by atoms with Gasteiger partial charge in [-0.1, -0.05) is 11.6 Å². The number of amides is 1. The highest BCUT2D eigenvalue weighted by Gasteiger charge is 2.10. The van der Waals surface area contributed by atoms with Crippen LogP contribution >= 0.6 is 23.4 Å². The highest BCUT2D eigenvalue weighted by Crippen LogP contribution is 2.19. The molecule has 0 saturated heterocycles. The normalized spacial score (nSPS) is 10.2. The molecule has 1 aromatic heterocycles. The molecule has 8 heteroatoms. The van der Waals surface area contributed by atoms with Gasteiger partial charge in [0.05, 0.1) is 12.1 Å². The van der Waals surface area contributed by atoms with Crippen LogP contribution in [0.3, 0.4) is 0 Å². The average Bonchev–Trinajstić information content (AvgIpc) is 2.57. The molecule has 0 aliphatic rings. The van der Waals surface area contributed by atoms with Crippen LogP contribution in [0.1, 0.15) is 6.42 Å². The molecule has 0 aliphatic carbocycles. The lowest BCUT2D eigenvalue weighted by Gasteiger charge is -2.07. The Labute approximate surface area is 147 Å². The number of rotatable bonds is 7. The molecule has 1 aromatic carbocycles. The number of ether oxygens (including phenoxy) is 1. The average molecular weight is 369 g/mol. The van der Waals surface area contributed by atoms with E-state index < -0.39 is 18.5 Å². The van der Waals surface area contributed by atoms with Gasteiger partial charge in [0.1, 0.15) is 5.82 Å². The minimum Gasteiger partial charge on any atom is -0.456 e. The first-order chi connectivity index (χ1) is 11.5. The number of hydrogen-bond donors (Lipinski definition) is 1. The quantitative estimate of drug-likeness (QED) is 0.460. The van der Waals surface area contributed by atoms with Gasteiger partial charge >= 0.3 is 5.97 Å². The number of hydrogen-bond acceptors (Lipinski definition) is 5. The van der Waals surface area contributed by atoms with E-state index >= 15 is 0 Å². The summed E-state index contributed by atoms with van der Waals surface area (Å²) in [6, 6.07) is 9.20. The van der Waals surface area contributed by atoms with Gasteiger partial charge in [-0.05, 0) is 36.4 Å². The fraction of sp³-hybridized carbons (Fsp3) is 0.188. The van der Waals surface area contributed by atoms with Crippen molar-refractivity contribution in [3.8, 4) is 0 Å². The van der Waals surface area contributed by atoms with Crippen molar-refractivity contribution in [3.63, 3.8) is 0 Å². The van der Waals surface area contributed by atoms with Crippen molar-refractivity contribution in [2.24, 2.45) is 0 Å². The summed E-state index contributed by atoms with van der Waals surface area (Å²) in [5.74, 6) is -0.819. The van der Waals surface area contributed by atoms with Crippen LogP contribution in [0.25, 0.3) is 0 Å². The monoisotopic (exact) mass is 368 g/mol. The molecule has 0 saturated carbocycles. The smallest absolute Gasteiger partial charge is 0.307 e. The van der Waals surface area contributed by atoms with Gasteiger partial charge in [0.2, 0.25) is 0 Å². The third-order valence-corrected chi connectivity index (χ3v) is 4.10. The molecule has 2 aromatic rings. The van der Waals surface area contributed by atoms with Crippen molar-refractivity contribution < 1.29 is 18.7 Å². The number of carbonyl (C=O) groups excluding carboxylic acids is 2. The van der Waals surface area contributed by atoms with Gasteiger partial charge < -0.3 is 10.1 Å². The molecule has 0 bridgehead atoms. The molecule has 24 heavy (non-hydrogen) atoms. The van der Waals surface area contributed by atoms with Crippen molar-refractivity contribution in [2.75, 3.05) is 17.7 Å². The zero-order chi connectivity index (χ0) is 17.4. The highest BCUT2D eigenvalue weighted by atomic mass is 35.5. The molecule has 0 fully saturated rings. The first-order valence-corrected chi connectivity index (χ1v) is 8.35. The summed E-state index contributed by atoms with van der Waals surface area (Å²) in [4.78, 5) is 28.0. The Morgan fingerprint density at radius 2 is 2.00 bits per heavy atom. The largest absolute Gasteiger partial charge is 0.456 e. The van der Waals surface area contributed by atoms with E-state index in [-0.39, 0.29) is 17.4 Å². The summed E-state index contributed by atoms with van der Waals surface area (Å²) < 4.78 is 17.6. The van der Waals surface area contributed by atoms with Crippen LogP contribution < -0.4 is 5.32 Å². The van der Waals surface area contributed by atoms with Crippen molar-refractivity contribution in [1.82, 2.24) is 4.98 Å². The number of esters is 1. The number of benzene rings is 1. The Kier molecular flexibility index (Phi) is 7.02. The lowest BCUT2D eigenvalue weighted by atomic mass is 10.4. The van der Waals surface area contributed by atoms with Crippen LogP contribution in [0.15, 0.2) is 47.5 Å². The summed E-state index contributed by atoms with van der Waals surface area (Å²) in [5.41, 5.74) is 0.354. The number of halogens is 2. The fourth-order valence-corrected chi connectivity index (χ4v) is 2.67. The first-order valence-electron chi connectivity index (χ1n) is 6.99. The van der Waals surface area contributed by atoms with E-state index in [1.807, 2.05) is 0 Å². The molecule has 126 valence electrons. The second-order valence-corrected chi connectivity index (χ2v) is 6.13. The number of anilines is 1. The molecule has 1 amide bonds. The van der Waals surface area contributed by atoms with Crippen LogP contribution in [-0.2, 0) is 14.3 Å². The minimum absolute atomic E-state index is 0.142. The van der Waals surface area contributed by atoms with Crippen LogP contribution in [0, 0.1) is 5.82 Å². The topological polar surface area (TPSA) is 68.3 Å². The fourth-order valence-electron chi connectivity index (χ4n) is 1.67. The zero-order valence-electron chi connectivity index (χ0n) is 12.5. The van der Waals surface area contributed by atoms with Crippen LogP contribution in [-0.4, -0.2) is 29.2 Å². The van der Waals surface area contributed by atoms with Crippen molar-refractivity contribution >= 4 is 40.9 Å². The SMILES string of the molecule is O=C(COC(=O)CCSc1ccc(F)cc1)Nc1cccnc1Cl. The molecule has 1 heterocycles. The van der Waals surface area contributed by atoms with Crippen LogP contribution in [0.4, 0.5) is 10.1 Å². The lowest BCUT2D eigenvalue weighted by Crippen LogP contribution is -2.21. The second kappa shape index (κ2) is 9.24. The molecule has 0 spiro atoms. The number of thioether (sulfide) groups is 1. The highest BCUT2D eigenvalue weighted by molar-refractivity contribution is 7.99. The standard InChI is InChI=1S/C16H14ClFN2O3S/c17-16-13(2-1-8-19-16)20-14(21)10-23-15(22)7-9-24-12-5-3-11(18)4-6-12/h1-6,8H,7,9-10H2,(H,20,21). The van der Waals surface area contributed by atoms with Gasteiger partial charge in [-0.25, -0.2) is 9.37 Å². The van der Waals surface area contributed by atoms with Crippen LogP contribution in [0.5, 0.6) is 0 Å². The van der Waals surface area contributed by atoms with Gasteiger partial charge in [-0.2, -0.15) is 0 Å². The van der Waals surface area contributed by atoms with E-state index in [1.54, 1.807) is 24.3 Å². The molecule has 0 aliphatic heterocycles. The number of nitrogens with zero attached hydrogens (tertiary/aromatic N) is 1. The lowest BCUT2D eigenvalue weighted by molar-refractivity contribution is -0.146. The van der Waals surface area contributed by atoms with E-state index in [0.29, 0.717) is 11.4 Å². The van der Waals surface area contributed by atoms with Gasteiger partial charge in [0.25, 0.3) is 5.91 Å². The van der Waals surface area contributed by atoms with E-state index in [9.17, 15) is 14.0 Å². The zero-order valence-corrected chi connectivity index (χ0v) is 14.1. The summed E-state index contributed by atoms with van der Waals surface area (Å²) in [5, 5.41) is 2.66. The first kappa shape index (κ1) is 18.2. The Bertz CT molecular complexity index is 713. The number of nitrogens with one attached hydrogen (secondary N) is 1.